The highest BCUT2D eigenvalue weighted by molar-refractivity contribution is 8.00. The van der Waals surface area contributed by atoms with Crippen LogP contribution in [0.3, 0.4) is 0 Å². The molecule has 1 aliphatic heterocycles. The summed E-state index contributed by atoms with van der Waals surface area (Å²) in [5.41, 5.74) is 3.73. The molecule has 6 nitrogen and oxygen atoms in total. The van der Waals surface area contributed by atoms with Crippen molar-refractivity contribution in [2.75, 3.05) is 24.7 Å². The van der Waals surface area contributed by atoms with Gasteiger partial charge in [0.25, 0.3) is 0 Å². The molecule has 1 atom stereocenters. The van der Waals surface area contributed by atoms with E-state index >= 15 is 0 Å². The molecule has 7 heteroatoms. The lowest BCUT2D eigenvalue weighted by atomic mass is 10.1. The Morgan fingerprint density at radius 3 is 2.62 bits per heavy atom. The van der Waals surface area contributed by atoms with Crippen molar-refractivity contribution in [1.29, 1.82) is 0 Å². The normalized spacial score (nSPS) is 17.0. The lowest BCUT2D eigenvalue weighted by Crippen LogP contribution is -2.28. The molecular weight excluding hydrogens is 350 g/mol. The highest BCUT2D eigenvalue weighted by Gasteiger charge is 2.34. The molecule has 1 saturated heterocycles. The maximum Gasteiger partial charge on any atom is 0.234 e. The summed E-state index contributed by atoms with van der Waals surface area (Å²) in [6.07, 6.45) is 1.55. The monoisotopic (exact) mass is 373 g/mol. The molecule has 3 rings (SSSR count). The zero-order chi connectivity index (χ0) is 18.8. The Balaban J connectivity index is 1.91. The number of hydrogen-bond acceptors (Lipinski definition) is 6. The molecule has 1 aromatic heterocycles. The zero-order valence-corrected chi connectivity index (χ0v) is 16.0. The summed E-state index contributed by atoms with van der Waals surface area (Å²) in [7, 11) is 3.97. The zero-order valence-electron chi connectivity index (χ0n) is 15.1. The molecule has 1 aromatic carbocycles. The fourth-order valence-electron chi connectivity index (χ4n) is 3.01. The van der Waals surface area contributed by atoms with Crippen LogP contribution in [0, 0.1) is 6.92 Å². The number of anilines is 1. The highest BCUT2D eigenvalue weighted by atomic mass is 32.2. The standard InChI is InChI=1S/C19H23N3O3S/c1-12-18(25)16(14(10-23)8-20-12)9-22-17(24)11-26-19(22)13-4-6-15(7-5-13)21(2)3/h4-8,19,23,25H,9-11H2,1-3H3. The number of benzene rings is 1. The van der Waals surface area contributed by atoms with Gasteiger partial charge in [-0.05, 0) is 24.6 Å². The van der Waals surface area contributed by atoms with Crippen molar-refractivity contribution >= 4 is 23.4 Å². The summed E-state index contributed by atoms with van der Waals surface area (Å²) >= 11 is 1.57. The summed E-state index contributed by atoms with van der Waals surface area (Å²) in [5, 5.41) is 19.8. The molecule has 1 unspecified atom stereocenters. The van der Waals surface area contributed by atoms with Gasteiger partial charge in [-0.15, -0.1) is 11.8 Å². The van der Waals surface area contributed by atoms with Crippen LogP contribution in [0.4, 0.5) is 5.69 Å². The van der Waals surface area contributed by atoms with Gasteiger partial charge in [-0.25, -0.2) is 0 Å². The number of carbonyl (C=O) groups excluding carboxylic acids is 1. The van der Waals surface area contributed by atoms with Gasteiger partial charge in [0, 0.05) is 37.1 Å². The summed E-state index contributed by atoms with van der Waals surface area (Å²) in [4.78, 5) is 20.3. The van der Waals surface area contributed by atoms with E-state index in [-0.39, 0.29) is 30.2 Å². The van der Waals surface area contributed by atoms with Gasteiger partial charge in [-0.2, -0.15) is 0 Å². The topological polar surface area (TPSA) is 76.9 Å². The van der Waals surface area contributed by atoms with Gasteiger partial charge in [0.1, 0.15) is 11.1 Å². The lowest BCUT2D eigenvalue weighted by Gasteiger charge is -2.26. The minimum atomic E-state index is -0.229. The van der Waals surface area contributed by atoms with Crippen molar-refractivity contribution in [1.82, 2.24) is 9.88 Å². The quantitative estimate of drug-likeness (QED) is 0.838. The van der Waals surface area contributed by atoms with Crippen molar-refractivity contribution in [3.05, 3.63) is 52.8 Å². The number of carbonyl (C=O) groups is 1. The molecule has 1 amide bonds. The third kappa shape index (κ3) is 3.50. The molecular formula is C19H23N3O3S. The van der Waals surface area contributed by atoms with E-state index in [2.05, 4.69) is 4.98 Å². The van der Waals surface area contributed by atoms with E-state index in [0.717, 1.165) is 11.3 Å². The number of thioether (sulfide) groups is 1. The Kier molecular flexibility index (Phi) is 5.38. The van der Waals surface area contributed by atoms with E-state index in [4.69, 9.17) is 0 Å². The minimum absolute atomic E-state index is 0.0226. The van der Waals surface area contributed by atoms with Gasteiger partial charge >= 0.3 is 0 Å². The number of aryl methyl sites for hydroxylation is 1. The fourth-order valence-corrected chi connectivity index (χ4v) is 4.19. The molecule has 2 aromatic rings. The first-order valence-corrected chi connectivity index (χ1v) is 9.42. The Morgan fingerprint density at radius 1 is 1.31 bits per heavy atom. The van der Waals surface area contributed by atoms with Crippen LogP contribution < -0.4 is 4.90 Å². The Morgan fingerprint density at radius 2 is 2.00 bits per heavy atom. The van der Waals surface area contributed by atoms with Crippen LogP contribution >= 0.6 is 11.8 Å². The number of rotatable bonds is 5. The second kappa shape index (κ2) is 7.55. The van der Waals surface area contributed by atoms with Crippen LogP contribution in [0.25, 0.3) is 0 Å². The number of aliphatic hydroxyl groups excluding tert-OH is 1. The second-order valence-electron chi connectivity index (χ2n) is 6.53. The number of aliphatic hydroxyl groups is 1. The smallest absolute Gasteiger partial charge is 0.234 e. The molecule has 26 heavy (non-hydrogen) atoms. The molecule has 1 aliphatic rings. The Hall–Kier alpha value is -2.25. The molecule has 0 aliphatic carbocycles. The Bertz CT molecular complexity index is 808. The average molecular weight is 373 g/mol. The van der Waals surface area contributed by atoms with Crippen LogP contribution in [0.15, 0.2) is 30.5 Å². The molecule has 0 saturated carbocycles. The fraction of sp³-hybridized carbons (Fsp3) is 0.368. The second-order valence-corrected chi connectivity index (χ2v) is 7.59. The molecule has 0 bridgehead atoms. The maximum absolute atomic E-state index is 12.5. The summed E-state index contributed by atoms with van der Waals surface area (Å²) < 4.78 is 0. The van der Waals surface area contributed by atoms with Gasteiger partial charge in [0.2, 0.25) is 5.91 Å². The first kappa shape index (κ1) is 18.5. The van der Waals surface area contributed by atoms with Crippen LogP contribution in [-0.4, -0.2) is 45.9 Å². The van der Waals surface area contributed by atoms with Gasteiger partial charge in [-0.3, -0.25) is 9.78 Å². The summed E-state index contributed by atoms with van der Waals surface area (Å²) in [6.45, 7) is 1.72. The third-order valence-electron chi connectivity index (χ3n) is 4.59. The van der Waals surface area contributed by atoms with E-state index < -0.39 is 0 Å². The van der Waals surface area contributed by atoms with Crippen LogP contribution in [0.2, 0.25) is 0 Å². The maximum atomic E-state index is 12.5. The largest absolute Gasteiger partial charge is 0.506 e. The van der Waals surface area contributed by atoms with E-state index in [9.17, 15) is 15.0 Å². The third-order valence-corrected chi connectivity index (χ3v) is 5.85. The van der Waals surface area contributed by atoms with Gasteiger partial charge < -0.3 is 20.0 Å². The van der Waals surface area contributed by atoms with Gasteiger partial charge in [0.15, 0.2) is 0 Å². The predicted octanol–water partition coefficient (Wildman–Crippen LogP) is 2.43. The Labute approximate surface area is 157 Å². The van der Waals surface area contributed by atoms with Crippen LogP contribution in [0.1, 0.15) is 27.8 Å². The van der Waals surface area contributed by atoms with Gasteiger partial charge in [0.05, 0.1) is 24.6 Å². The molecule has 1 fully saturated rings. The van der Waals surface area contributed by atoms with Crippen molar-refractivity contribution in [2.24, 2.45) is 0 Å². The molecule has 2 heterocycles. The SMILES string of the molecule is Cc1ncc(CO)c(CN2C(=O)CSC2c2ccc(N(C)C)cc2)c1O. The van der Waals surface area contributed by atoms with Crippen molar-refractivity contribution in [3.63, 3.8) is 0 Å². The molecule has 0 spiro atoms. The number of amides is 1. The summed E-state index contributed by atoms with van der Waals surface area (Å²) in [5.74, 6) is 0.469. The predicted molar refractivity (Wildman–Crippen MR) is 103 cm³/mol. The molecule has 0 radical (unpaired) electrons. The van der Waals surface area contributed by atoms with Gasteiger partial charge in [-0.1, -0.05) is 12.1 Å². The van der Waals surface area contributed by atoms with E-state index in [1.54, 1.807) is 29.8 Å². The number of aromatic hydroxyl groups is 1. The minimum Gasteiger partial charge on any atom is -0.506 e. The lowest BCUT2D eigenvalue weighted by molar-refractivity contribution is -0.128. The van der Waals surface area contributed by atoms with E-state index in [1.807, 2.05) is 43.3 Å². The first-order chi connectivity index (χ1) is 12.4. The highest BCUT2D eigenvalue weighted by Crippen LogP contribution is 2.41. The van der Waals surface area contributed by atoms with Crippen molar-refractivity contribution in [3.8, 4) is 5.75 Å². The van der Waals surface area contributed by atoms with Crippen LogP contribution in [-0.2, 0) is 17.9 Å². The van der Waals surface area contributed by atoms with Crippen molar-refractivity contribution < 1.29 is 15.0 Å². The molecule has 138 valence electrons. The summed E-state index contributed by atoms with van der Waals surface area (Å²) in [6, 6.07) is 8.13. The molecule has 2 N–H and O–H groups in total. The van der Waals surface area contributed by atoms with E-state index in [1.165, 1.54) is 0 Å². The van der Waals surface area contributed by atoms with Crippen LogP contribution in [0.5, 0.6) is 5.75 Å². The number of nitrogens with zero attached hydrogens (tertiary/aromatic N) is 3. The number of pyridine rings is 1. The van der Waals surface area contributed by atoms with E-state index in [0.29, 0.717) is 22.6 Å². The number of aromatic nitrogens is 1. The number of hydrogen-bond donors (Lipinski definition) is 2. The average Bonchev–Trinajstić information content (AvgIpc) is 3.00. The first-order valence-electron chi connectivity index (χ1n) is 8.38. The van der Waals surface area contributed by atoms with Crippen molar-refractivity contribution in [2.45, 2.75) is 25.4 Å².